The molecule has 0 radical (unpaired) electrons. The Hall–Kier alpha value is -4.72. The van der Waals surface area contributed by atoms with Crippen LogP contribution in [0.4, 0.5) is 0 Å². The minimum Gasteiger partial charge on any atom is -0.496 e. The predicted molar refractivity (Wildman–Crippen MR) is 176 cm³/mol. The molecule has 8 heteroatoms. The van der Waals surface area contributed by atoms with E-state index in [4.69, 9.17) is 37.9 Å². The summed E-state index contributed by atoms with van der Waals surface area (Å²) in [4.78, 5) is 0. The van der Waals surface area contributed by atoms with Crippen LogP contribution in [0.25, 0.3) is 0 Å². The summed E-state index contributed by atoms with van der Waals surface area (Å²) in [5, 5.41) is 0. The minimum absolute atomic E-state index is 0.531. The summed E-state index contributed by atoms with van der Waals surface area (Å²) in [5.74, 6) is 6.16. The first-order valence-corrected chi connectivity index (χ1v) is 14.6. The SMILES string of the molecule is COc1cc(Cc2cc(OC)c(Cc3cc(OC)c(Cc4cc(OC)c(C)cc4OC)cc3OC)cc2OC)c(OC)cc1C. The van der Waals surface area contributed by atoms with Crippen LogP contribution in [0.5, 0.6) is 46.0 Å². The Morgan fingerprint density at radius 3 is 0.667 bits per heavy atom. The molecule has 4 aromatic carbocycles. The molecule has 4 aromatic rings. The number of methoxy groups -OCH3 is 8. The van der Waals surface area contributed by atoms with Gasteiger partial charge in [0.1, 0.15) is 46.0 Å². The summed E-state index contributed by atoms with van der Waals surface area (Å²) in [7, 11) is 13.4. The molecule has 0 saturated heterocycles. The standard InChI is InChI=1S/C37H44O8/c1-22-11-32(40-5)24(16-30(22)38-3)13-26-18-36(44-9)28(20-34(26)42-7)15-29-21-35(43-8)27(19-37(29)45-10)14-25-17-31(39-4)23(2)12-33(25)41-6/h11-12,16-21H,13-15H2,1-10H3. The van der Waals surface area contributed by atoms with Crippen molar-refractivity contribution in [3.05, 3.63) is 93.0 Å². The number of benzene rings is 4. The maximum atomic E-state index is 5.90. The van der Waals surface area contributed by atoms with Gasteiger partial charge in [0, 0.05) is 52.6 Å². The predicted octanol–water partition coefficient (Wildman–Crippen LogP) is 7.14. The minimum atomic E-state index is 0.531. The van der Waals surface area contributed by atoms with E-state index in [1.54, 1.807) is 56.9 Å². The highest BCUT2D eigenvalue weighted by Crippen LogP contribution is 2.39. The van der Waals surface area contributed by atoms with Gasteiger partial charge in [0.15, 0.2) is 0 Å². The second-order valence-corrected chi connectivity index (χ2v) is 10.7. The highest BCUT2D eigenvalue weighted by Gasteiger charge is 2.20. The fourth-order valence-electron chi connectivity index (χ4n) is 5.72. The molecule has 8 nitrogen and oxygen atoms in total. The summed E-state index contributed by atoms with van der Waals surface area (Å²) < 4.78 is 46.1. The first-order chi connectivity index (χ1) is 21.7. The van der Waals surface area contributed by atoms with Gasteiger partial charge in [0.05, 0.1) is 56.9 Å². The lowest BCUT2D eigenvalue weighted by Gasteiger charge is -2.19. The van der Waals surface area contributed by atoms with Gasteiger partial charge in [-0.1, -0.05) is 0 Å². The third kappa shape index (κ3) is 7.17. The average molecular weight is 617 g/mol. The summed E-state index contributed by atoms with van der Waals surface area (Å²) in [6.45, 7) is 3.99. The van der Waals surface area contributed by atoms with Crippen molar-refractivity contribution in [1.29, 1.82) is 0 Å². The molecule has 45 heavy (non-hydrogen) atoms. The molecule has 0 heterocycles. The van der Waals surface area contributed by atoms with Crippen LogP contribution in [0, 0.1) is 13.8 Å². The van der Waals surface area contributed by atoms with E-state index in [2.05, 4.69) is 0 Å². The molecule has 240 valence electrons. The molecule has 0 atom stereocenters. The van der Waals surface area contributed by atoms with E-state index < -0.39 is 0 Å². The Morgan fingerprint density at radius 1 is 0.289 bits per heavy atom. The largest absolute Gasteiger partial charge is 0.496 e. The van der Waals surface area contributed by atoms with Crippen molar-refractivity contribution < 1.29 is 37.9 Å². The maximum Gasteiger partial charge on any atom is 0.122 e. The lowest BCUT2D eigenvalue weighted by Crippen LogP contribution is -2.04. The molecule has 0 aliphatic rings. The van der Waals surface area contributed by atoms with Gasteiger partial charge in [-0.2, -0.15) is 0 Å². The van der Waals surface area contributed by atoms with Gasteiger partial charge in [0.25, 0.3) is 0 Å². The van der Waals surface area contributed by atoms with E-state index in [1.807, 2.05) is 62.4 Å². The molecule has 4 rings (SSSR count). The molecule has 0 aliphatic carbocycles. The highest BCUT2D eigenvalue weighted by atomic mass is 16.5. The van der Waals surface area contributed by atoms with Crippen LogP contribution in [0.1, 0.15) is 44.5 Å². The Kier molecular flexibility index (Phi) is 10.9. The van der Waals surface area contributed by atoms with Crippen LogP contribution >= 0.6 is 0 Å². The molecule has 0 spiro atoms. The molecule has 0 saturated carbocycles. The monoisotopic (exact) mass is 616 g/mol. The number of aryl methyl sites for hydroxylation is 2. The quantitative estimate of drug-likeness (QED) is 0.148. The van der Waals surface area contributed by atoms with Crippen molar-refractivity contribution in [2.24, 2.45) is 0 Å². The van der Waals surface area contributed by atoms with Gasteiger partial charge >= 0.3 is 0 Å². The fourth-order valence-corrected chi connectivity index (χ4v) is 5.72. The third-order valence-corrected chi connectivity index (χ3v) is 8.11. The number of rotatable bonds is 14. The van der Waals surface area contributed by atoms with Crippen molar-refractivity contribution >= 4 is 0 Å². The average Bonchev–Trinajstić information content (AvgIpc) is 3.06. The van der Waals surface area contributed by atoms with E-state index in [1.165, 1.54) is 0 Å². The van der Waals surface area contributed by atoms with Crippen LogP contribution in [-0.4, -0.2) is 56.9 Å². The Balaban J connectivity index is 1.72. The number of hydrogen-bond acceptors (Lipinski definition) is 8. The van der Waals surface area contributed by atoms with E-state index in [0.717, 1.165) is 90.5 Å². The smallest absolute Gasteiger partial charge is 0.122 e. The first kappa shape index (κ1) is 33.2. The van der Waals surface area contributed by atoms with Crippen molar-refractivity contribution in [2.75, 3.05) is 56.9 Å². The van der Waals surface area contributed by atoms with Crippen molar-refractivity contribution in [1.82, 2.24) is 0 Å². The Labute approximate surface area is 266 Å². The van der Waals surface area contributed by atoms with Gasteiger partial charge < -0.3 is 37.9 Å². The van der Waals surface area contributed by atoms with Gasteiger partial charge in [0.2, 0.25) is 0 Å². The normalized spacial score (nSPS) is 10.7. The van der Waals surface area contributed by atoms with Gasteiger partial charge in [-0.3, -0.25) is 0 Å². The summed E-state index contributed by atoms with van der Waals surface area (Å²) in [6, 6.07) is 16.1. The second kappa shape index (κ2) is 14.8. The topological polar surface area (TPSA) is 73.8 Å². The lowest BCUT2D eigenvalue weighted by molar-refractivity contribution is 0.389. The fraction of sp³-hybridized carbons (Fsp3) is 0.351. The Morgan fingerprint density at radius 2 is 0.467 bits per heavy atom. The van der Waals surface area contributed by atoms with E-state index in [0.29, 0.717) is 19.3 Å². The molecule has 0 amide bonds. The molecule has 0 unspecified atom stereocenters. The van der Waals surface area contributed by atoms with Crippen LogP contribution in [-0.2, 0) is 19.3 Å². The zero-order chi connectivity index (χ0) is 32.7. The van der Waals surface area contributed by atoms with Crippen LogP contribution in [0.2, 0.25) is 0 Å². The number of hydrogen-bond donors (Lipinski definition) is 0. The van der Waals surface area contributed by atoms with Crippen molar-refractivity contribution in [3.8, 4) is 46.0 Å². The molecule has 0 N–H and O–H groups in total. The second-order valence-electron chi connectivity index (χ2n) is 10.7. The molecular weight excluding hydrogens is 572 g/mol. The van der Waals surface area contributed by atoms with Gasteiger partial charge in [-0.05, 0) is 73.5 Å². The molecule has 0 fully saturated rings. The number of ether oxygens (including phenoxy) is 8. The molecule has 0 bridgehead atoms. The maximum absolute atomic E-state index is 5.90. The van der Waals surface area contributed by atoms with Crippen LogP contribution in [0.3, 0.4) is 0 Å². The lowest BCUT2D eigenvalue weighted by atomic mass is 9.94. The first-order valence-electron chi connectivity index (χ1n) is 14.6. The molecule has 0 aromatic heterocycles. The summed E-state index contributed by atoms with van der Waals surface area (Å²) >= 11 is 0. The zero-order valence-electron chi connectivity index (χ0n) is 28.0. The summed E-state index contributed by atoms with van der Waals surface area (Å²) in [5.41, 5.74) is 7.80. The van der Waals surface area contributed by atoms with E-state index in [9.17, 15) is 0 Å². The zero-order valence-corrected chi connectivity index (χ0v) is 28.0. The molecule has 0 aliphatic heterocycles. The van der Waals surface area contributed by atoms with E-state index >= 15 is 0 Å². The third-order valence-electron chi connectivity index (χ3n) is 8.11. The van der Waals surface area contributed by atoms with Crippen LogP contribution in [0.15, 0.2) is 48.5 Å². The molecular formula is C37H44O8. The van der Waals surface area contributed by atoms with Gasteiger partial charge in [-0.25, -0.2) is 0 Å². The van der Waals surface area contributed by atoms with Gasteiger partial charge in [-0.15, -0.1) is 0 Å². The summed E-state index contributed by atoms with van der Waals surface area (Å²) in [6.07, 6.45) is 1.67. The highest BCUT2D eigenvalue weighted by molar-refractivity contribution is 5.57. The van der Waals surface area contributed by atoms with Crippen molar-refractivity contribution in [3.63, 3.8) is 0 Å². The van der Waals surface area contributed by atoms with E-state index in [-0.39, 0.29) is 0 Å². The van der Waals surface area contributed by atoms with Crippen LogP contribution < -0.4 is 37.9 Å². The van der Waals surface area contributed by atoms with Crippen molar-refractivity contribution in [2.45, 2.75) is 33.1 Å². The Bertz CT molecular complexity index is 1520.